The fourth-order valence-corrected chi connectivity index (χ4v) is 3.12. The van der Waals surface area contributed by atoms with Gasteiger partial charge in [0, 0.05) is 21.7 Å². The van der Waals surface area contributed by atoms with Gasteiger partial charge in [0.05, 0.1) is 0 Å². The molecule has 2 rings (SSSR count). The molecule has 1 aliphatic carbocycles. The third kappa shape index (κ3) is 1.70. The highest BCUT2D eigenvalue weighted by molar-refractivity contribution is 7.12. The van der Waals surface area contributed by atoms with E-state index >= 15 is 0 Å². The van der Waals surface area contributed by atoms with Gasteiger partial charge in [-0.15, -0.1) is 11.3 Å². The van der Waals surface area contributed by atoms with Crippen molar-refractivity contribution in [3.63, 3.8) is 0 Å². The van der Waals surface area contributed by atoms with Crippen LogP contribution in [0.2, 0.25) is 0 Å². The Labute approximate surface area is 87.0 Å². The molecule has 1 aromatic heterocycles. The molecule has 0 N–H and O–H groups in total. The molecule has 1 aliphatic rings. The minimum Gasteiger partial charge on any atom is -0.201 e. The summed E-state index contributed by atoms with van der Waals surface area (Å²) in [6.45, 7) is 2.02. The van der Waals surface area contributed by atoms with Crippen LogP contribution in [0.5, 0.6) is 0 Å². The lowest BCUT2D eigenvalue weighted by atomic mass is 10.1. The highest BCUT2D eigenvalue weighted by Crippen LogP contribution is 2.42. The first-order valence-electron chi connectivity index (χ1n) is 5.13. The molecule has 1 heterocycles. The zero-order chi connectivity index (χ0) is 10.2. The molecule has 78 valence electrons. The van der Waals surface area contributed by atoms with E-state index in [1.54, 1.807) is 17.4 Å². The van der Waals surface area contributed by atoms with Crippen LogP contribution in [0, 0.1) is 0 Å². The quantitative estimate of drug-likeness (QED) is 0.619. The number of hydrogen-bond donors (Lipinski definition) is 0. The minimum absolute atomic E-state index is 0.0277. The van der Waals surface area contributed by atoms with Gasteiger partial charge in [-0.1, -0.05) is 6.92 Å². The van der Waals surface area contributed by atoms with Crippen molar-refractivity contribution in [2.45, 2.75) is 45.0 Å². The molecule has 3 heteroatoms. The minimum atomic E-state index is -2.57. The zero-order valence-electron chi connectivity index (χ0n) is 8.28. The molecular formula is C11H14F2S. The Hall–Kier alpha value is -0.440. The van der Waals surface area contributed by atoms with Crippen molar-refractivity contribution in [1.82, 2.24) is 0 Å². The summed E-state index contributed by atoms with van der Waals surface area (Å²) in [5.74, 6) is -2.57. The van der Waals surface area contributed by atoms with Crippen LogP contribution in [0.1, 0.15) is 41.5 Å². The summed E-state index contributed by atoms with van der Waals surface area (Å²) in [6, 6.07) is 1.71. The Balaban J connectivity index is 2.43. The van der Waals surface area contributed by atoms with Gasteiger partial charge in [-0.05, 0) is 31.7 Å². The first kappa shape index (κ1) is 10.1. The molecule has 0 atom stereocenters. The molecule has 0 fully saturated rings. The lowest BCUT2D eigenvalue weighted by Crippen LogP contribution is -2.11. The molecule has 0 bridgehead atoms. The van der Waals surface area contributed by atoms with Crippen molar-refractivity contribution >= 4 is 11.3 Å². The van der Waals surface area contributed by atoms with Crippen LogP contribution in [0.3, 0.4) is 0 Å². The van der Waals surface area contributed by atoms with Gasteiger partial charge in [-0.3, -0.25) is 0 Å². The van der Waals surface area contributed by atoms with Crippen LogP contribution >= 0.6 is 11.3 Å². The van der Waals surface area contributed by atoms with Crippen LogP contribution in [-0.4, -0.2) is 0 Å². The first-order chi connectivity index (χ1) is 6.63. The average Bonchev–Trinajstić information content (AvgIpc) is 2.51. The van der Waals surface area contributed by atoms with E-state index in [0.717, 1.165) is 29.0 Å². The second-order valence-electron chi connectivity index (χ2n) is 3.81. The molecule has 0 saturated carbocycles. The summed E-state index contributed by atoms with van der Waals surface area (Å²) in [6.07, 6.45) is 3.30. The van der Waals surface area contributed by atoms with Gasteiger partial charge < -0.3 is 0 Å². The first-order valence-corrected chi connectivity index (χ1v) is 5.95. The Morgan fingerprint density at radius 2 is 2.21 bits per heavy atom. The van der Waals surface area contributed by atoms with Crippen LogP contribution in [0.25, 0.3) is 0 Å². The molecule has 0 aromatic carbocycles. The van der Waals surface area contributed by atoms with Crippen molar-refractivity contribution < 1.29 is 8.78 Å². The highest BCUT2D eigenvalue weighted by atomic mass is 32.1. The number of thiophene rings is 1. The van der Waals surface area contributed by atoms with E-state index in [4.69, 9.17) is 0 Å². The number of aryl methyl sites for hydroxylation is 2. The van der Waals surface area contributed by atoms with E-state index in [0.29, 0.717) is 12.0 Å². The molecule has 0 radical (unpaired) electrons. The fourth-order valence-electron chi connectivity index (χ4n) is 1.92. The van der Waals surface area contributed by atoms with E-state index in [2.05, 4.69) is 0 Å². The van der Waals surface area contributed by atoms with Crippen molar-refractivity contribution in [1.29, 1.82) is 0 Å². The van der Waals surface area contributed by atoms with E-state index in [9.17, 15) is 8.78 Å². The Morgan fingerprint density at radius 3 is 2.93 bits per heavy atom. The zero-order valence-corrected chi connectivity index (χ0v) is 9.09. The Morgan fingerprint density at radius 1 is 1.43 bits per heavy atom. The molecule has 0 saturated heterocycles. The Kier molecular flexibility index (Phi) is 2.60. The standard InChI is InChI=1S/C11H14F2S/c1-2-8-7-9-10(14-8)5-3-4-6-11(9,12)13/h7H,2-6H2,1H3. The van der Waals surface area contributed by atoms with Gasteiger partial charge >= 0.3 is 0 Å². The maximum atomic E-state index is 13.6. The van der Waals surface area contributed by atoms with Gasteiger partial charge in [-0.25, -0.2) is 8.78 Å². The number of fused-ring (bicyclic) bond motifs is 1. The highest BCUT2D eigenvalue weighted by Gasteiger charge is 2.36. The number of alkyl halides is 2. The topological polar surface area (TPSA) is 0 Å². The second-order valence-corrected chi connectivity index (χ2v) is 5.04. The number of halogens is 2. The largest absolute Gasteiger partial charge is 0.274 e. The monoisotopic (exact) mass is 216 g/mol. The van der Waals surface area contributed by atoms with Gasteiger partial charge in [0.25, 0.3) is 5.92 Å². The van der Waals surface area contributed by atoms with E-state index in [1.165, 1.54) is 0 Å². The predicted octanol–water partition coefficient (Wildman–Crippen LogP) is 4.13. The van der Waals surface area contributed by atoms with Crippen molar-refractivity contribution in [2.75, 3.05) is 0 Å². The molecule has 0 spiro atoms. The lowest BCUT2D eigenvalue weighted by molar-refractivity contribution is -0.0133. The van der Waals surface area contributed by atoms with Gasteiger partial charge in [-0.2, -0.15) is 0 Å². The molecule has 0 aliphatic heterocycles. The summed E-state index contributed by atoms with van der Waals surface area (Å²) < 4.78 is 27.2. The van der Waals surface area contributed by atoms with Crippen LogP contribution in [0.15, 0.2) is 6.07 Å². The molecule has 0 nitrogen and oxygen atoms in total. The number of rotatable bonds is 1. The molecular weight excluding hydrogens is 202 g/mol. The molecule has 14 heavy (non-hydrogen) atoms. The van der Waals surface area contributed by atoms with Gasteiger partial charge in [0.15, 0.2) is 0 Å². The van der Waals surface area contributed by atoms with Gasteiger partial charge in [0.1, 0.15) is 0 Å². The molecule has 0 amide bonds. The van der Waals surface area contributed by atoms with Crippen molar-refractivity contribution in [3.05, 3.63) is 21.4 Å². The van der Waals surface area contributed by atoms with E-state index < -0.39 is 5.92 Å². The Bertz CT molecular complexity index is 328. The van der Waals surface area contributed by atoms with Crippen molar-refractivity contribution in [3.8, 4) is 0 Å². The van der Waals surface area contributed by atoms with Crippen LogP contribution in [-0.2, 0) is 18.8 Å². The normalized spacial score (nSPS) is 20.2. The van der Waals surface area contributed by atoms with Crippen molar-refractivity contribution in [2.24, 2.45) is 0 Å². The lowest BCUT2D eigenvalue weighted by Gasteiger charge is -2.13. The van der Waals surface area contributed by atoms with E-state index in [1.807, 2.05) is 6.92 Å². The SMILES string of the molecule is CCc1cc2c(s1)CCCCC2(F)F. The maximum absolute atomic E-state index is 13.6. The summed E-state index contributed by atoms with van der Waals surface area (Å²) in [7, 11) is 0. The molecule has 0 unspecified atom stereocenters. The average molecular weight is 216 g/mol. The van der Waals surface area contributed by atoms with Gasteiger partial charge in [0.2, 0.25) is 0 Å². The van der Waals surface area contributed by atoms with Crippen LogP contribution < -0.4 is 0 Å². The van der Waals surface area contributed by atoms with Crippen LogP contribution in [0.4, 0.5) is 8.78 Å². The maximum Gasteiger partial charge on any atom is 0.274 e. The smallest absolute Gasteiger partial charge is 0.201 e. The second kappa shape index (κ2) is 3.61. The fraction of sp³-hybridized carbons (Fsp3) is 0.636. The third-order valence-electron chi connectivity index (χ3n) is 2.75. The van der Waals surface area contributed by atoms with E-state index in [-0.39, 0.29) is 6.42 Å². The summed E-state index contributed by atoms with van der Waals surface area (Å²) in [4.78, 5) is 2.01. The third-order valence-corrected chi connectivity index (χ3v) is 4.09. The number of hydrogen-bond acceptors (Lipinski definition) is 1. The molecule has 1 aromatic rings. The summed E-state index contributed by atoms with van der Waals surface area (Å²) >= 11 is 1.57. The summed E-state index contributed by atoms with van der Waals surface area (Å²) in [5, 5.41) is 0. The summed E-state index contributed by atoms with van der Waals surface area (Å²) in [5.41, 5.74) is 0.317. The predicted molar refractivity (Wildman–Crippen MR) is 55.1 cm³/mol.